The van der Waals surface area contributed by atoms with Gasteiger partial charge in [-0.15, -0.1) is 0 Å². The van der Waals surface area contributed by atoms with E-state index in [-0.39, 0.29) is 6.04 Å². The smallest absolute Gasteiger partial charge is 0.138 e. The minimum atomic E-state index is -0.827. The van der Waals surface area contributed by atoms with Crippen molar-refractivity contribution in [3.05, 3.63) is 47.5 Å². The van der Waals surface area contributed by atoms with Crippen molar-refractivity contribution < 1.29 is 5.11 Å². The topological polar surface area (TPSA) is 50.9 Å². The fourth-order valence-corrected chi connectivity index (χ4v) is 3.34. The lowest BCUT2D eigenvalue weighted by molar-refractivity contribution is 0.0239. The number of aromatic nitrogens is 3. The average Bonchev–Trinajstić information content (AvgIpc) is 2.85. The van der Waals surface area contributed by atoms with Crippen LogP contribution in [0.15, 0.2) is 30.6 Å². The zero-order chi connectivity index (χ0) is 14.9. The Morgan fingerprint density at radius 2 is 2.10 bits per heavy atom. The van der Waals surface area contributed by atoms with Gasteiger partial charge in [0.2, 0.25) is 0 Å². The summed E-state index contributed by atoms with van der Waals surface area (Å²) in [5, 5.41) is 15.6. The highest BCUT2D eigenvalue weighted by molar-refractivity contribution is 5.34. The maximum Gasteiger partial charge on any atom is 0.138 e. The fourth-order valence-electron chi connectivity index (χ4n) is 3.34. The normalized spacial score (nSPS) is 22.1. The van der Waals surface area contributed by atoms with Crippen molar-refractivity contribution in [2.45, 2.75) is 57.6 Å². The van der Waals surface area contributed by atoms with Crippen molar-refractivity contribution in [2.75, 3.05) is 0 Å². The molecule has 1 aromatic heterocycles. The zero-order valence-corrected chi connectivity index (χ0v) is 12.8. The minimum absolute atomic E-state index is 0.257. The van der Waals surface area contributed by atoms with Gasteiger partial charge in [-0.05, 0) is 50.7 Å². The summed E-state index contributed by atoms with van der Waals surface area (Å²) >= 11 is 0. The third-order valence-corrected chi connectivity index (χ3v) is 4.39. The molecule has 1 heterocycles. The first-order valence-electron chi connectivity index (χ1n) is 7.79. The Morgan fingerprint density at radius 1 is 1.29 bits per heavy atom. The van der Waals surface area contributed by atoms with E-state index in [0.29, 0.717) is 6.42 Å². The van der Waals surface area contributed by atoms with Crippen LogP contribution in [0.25, 0.3) is 0 Å². The fraction of sp³-hybridized carbons (Fsp3) is 0.529. The van der Waals surface area contributed by atoms with Gasteiger partial charge in [-0.2, -0.15) is 5.10 Å². The highest BCUT2D eigenvalue weighted by Gasteiger charge is 2.34. The molecule has 1 atom stereocenters. The molecule has 21 heavy (non-hydrogen) atoms. The maximum atomic E-state index is 11.3. The molecule has 0 fully saturated rings. The summed E-state index contributed by atoms with van der Waals surface area (Å²) in [6.45, 7) is 4.17. The molecule has 112 valence electrons. The largest absolute Gasteiger partial charge is 0.385 e. The lowest BCUT2D eigenvalue weighted by Crippen LogP contribution is -2.30. The van der Waals surface area contributed by atoms with Gasteiger partial charge >= 0.3 is 0 Å². The number of fused-ring (bicyclic) bond motifs is 1. The molecule has 1 N–H and O–H groups in total. The van der Waals surface area contributed by atoms with Crippen molar-refractivity contribution in [1.29, 1.82) is 0 Å². The Labute approximate surface area is 125 Å². The maximum absolute atomic E-state index is 11.3. The standard InChI is InChI=1S/C17H23N3O/c1-13(2)20-16(18-12-19-20)11-17(21)10-6-5-8-14-7-3-4-9-15(14)17/h3-4,7,9,12-13,21H,5-6,8,10-11H2,1-2H3. The van der Waals surface area contributed by atoms with E-state index in [2.05, 4.69) is 42.1 Å². The number of aryl methyl sites for hydroxylation is 1. The van der Waals surface area contributed by atoms with Crippen LogP contribution in [0, 0.1) is 0 Å². The number of benzene rings is 1. The summed E-state index contributed by atoms with van der Waals surface area (Å²) in [6, 6.07) is 8.53. The number of nitrogens with zero attached hydrogens (tertiary/aromatic N) is 3. The van der Waals surface area contributed by atoms with Gasteiger partial charge in [-0.25, -0.2) is 9.67 Å². The molecule has 4 heteroatoms. The molecule has 1 aliphatic carbocycles. The van der Waals surface area contributed by atoms with Crippen LogP contribution in [0.3, 0.4) is 0 Å². The highest BCUT2D eigenvalue weighted by atomic mass is 16.3. The minimum Gasteiger partial charge on any atom is -0.385 e. The molecule has 1 aromatic carbocycles. The number of aliphatic hydroxyl groups is 1. The molecular weight excluding hydrogens is 262 g/mol. The van der Waals surface area contributed by atoms with Crippen LogP contribution >= 0.6 is 0 Å². The van der Waals surface area contributed by atoms with Crippen LogP contribution in [-0.2, 0) is 18.4 Å². The second-order valence-electron chi connectivity index (χ2n) is 6.29. The Kier molecular flexibility index (Phi) is 3.81. The molecule has 2 aromatic rings. The molecular formula is C17H23N3O. The Morgan fingerprint density at radius 3 is 2.90 bits per heavy atom. The SMILES string of the molecule is CC(C)n1ncnc1CC1(O)CCCCc2ccccc21. The van der Waals surface area contributed by atoms with Crippen LogP contribution in [0.5, 0.6) is 0 Å². The van der Waals surface area contributed by atoms with E-state index in [1.807, 2.05) is 10.7 Å². The van der Waals surface area contributed by atoms with Gasteiger partial charge in [0.1, 0.15) is 12.2 Å². The van der Waals surface area contributed by atoms with Crippen LogP contribution in [0.2, 0.25) is 0 Å². The summed E-state index contributed by atoms with van der Waals surface area (Å²) in [7, 11) is 0. The molecule has 3 rings (SSSR count). The molecule has 0 saturated heterocycles. The summed E-state index contributed by atoms with van der Waals surface area (Å²) in [5.74, 6) is 0.865. The molecule has 1 aliphatic rings. The van der Waals surface area contributed by atoms with Crippen molar-refractivity contribution in [1.82, 2.24) is 14.8 Å². The first kappa shape index (κ1) is 14.3. The predicted molar refractivity (Wildman–Crippen MR) is 82.0 cm³/mol. The highest BCUT2D eigenvalue weighted by Crippen LogP contribution is 2.36. The second-order valence-corrected chi connectivity index (χ2v) is 6.29. The van der Waals surface area contributed by atoms with Crippen molar-refractivity contribution in [3.63, 3.8) is 0 Å². The first-order valence-corrected chi connectivity index (χ1v) is 7.79. The Hall–Kier alpha value is -1.68. The van der Waals surface area contributed by atoms with E-state index < -0.39 is 5.60 Å². The van der Waals surface area contributed by atoms with Crippen molar-refractivity contribution >= 4 is 0 Å². The van der Waals surface area contributed by atoms with Crippen molar-refractivity contribution in [2.24, 2.45) is 0 Å². The average molecular weight is 285 g/mol. The molecule has 0 amide bonds. The van der Waals surface area contributed by atoms with E-state index in [0.717, 1.165) is 37.1 Å². The molecule has 4 nitrogen and oxygen atoms in total. The van der Waals surface area contributed by atoms with E-state index in [9.17, 15) is 5.11 Å². The molecule has 1 unspecified atom stereocenters. The number of rotatable bonds is 3. The quantitative estimate of drug-likeness (QED) is 0.882. The first-order chi connectivity index (χ1) is 10.1. The molecule has 0 aliphatic heterocycles. The van der Waals surface area contributed by atoms with E-state index in [1.165, 1.54) is 5.56 Å². The van der Waals surface area contributed by atoms with E-state index >= 15 is 0 Å². The van der Waals surface area contributed by atoms with Crippen LogP contribution in [0.4, 0.5) is 0 Å². The third-order valence-electron chi connectivity index (χ3n) is 4.39. The van der Waals surface area contributed by atoms with Gasteiger partial charge in [0.15, 0.2) is 0 Å². The Balaban J connectivity index is 1.98. The molecule has 0 bridgehead atoms. The van der Waals surface area contributed by atoms with Gasteiger partial charge in [0.05, 0.1) is 5.60 Å². The van der Waals surface area contributed by atoms with Crippen LogP contribution in [0.1, 0.15) is 56.1 Å². The monoisotopic (exact) mass is 285 g/mol. The zero-order valence-electron chi connectivity index (χ0n) is 12.8. The summed E-state index contributed by atoms with van der Waals surface area (Å²) < 4.78 is 1.91. The summed E-state index contributed by atoms with van der Waals surface area (Å²) in [4.78, 5) is 4.37. The van der Waals surface area contributed by atoms with Gasteiger partial charge in [0.25, 0.3) is 0 Å². The van der Waals surface area contributed by atoms with Gasteiger partial charge in [0, 0.05) is 12.5 Å². The second kappa shape index (κ2) is 5.60. The van der Waals surface area contributed by atoms with Crippen LogP contribution in [-0.4, -0.2) is 19.9 Å². The number of hydrogen-bond acceptors (Lipinski definition) is 3. The number of hydrogen-bond donors (Lipinski definition) is 1. The lowest BCUT2D eigenvalue weighted by atomic mass is 9.85. The lowest BCUT2D eigenvalue weighted by Gasteiger charge is -2.29. The Bertz CT molecular complexity index is 620. The third kappa shape index (κ3) is 2.72. The van der Waals surface area contributed by atoms with Crippen molar-refractivity contribution in [3.8, 4) is 0 Å². The van der Waals surface area contributed by atoms with Gasteiger partial charge < -0.3 is 5.11 Å². The van der Waals surface area contributed by atoms with E-state index in [4.69, 9.17) is 0 Å². The van der Waals surface area contributed by atoms with Gasteiger partial charge in [-0.3, -0.25) is 0 Å². The van der Waals surface area contributed by atoms with Crippen LogP contribution < -0.4 is 0 Å². The molecule has 0 saturated carbocycles. The summed E-state index contributed by atoms with van der Waals surface area (Å²) in [5.41, 5.74) is 1.51. The molecule has 0 radical (unpaired) electrons. The van der Waals surface area contributed by atoms with E-state index in [1.54, 1.807) is 6.33 Å². The van der Waals surface area contributed by atoms with Gasteiger partial charge in [-0.1, -0.05) is 24.3 Å². The summed E-state index contributed by atoms with van der Waals surface area (Å²) in [6.07, 6.45) is 6.13. The predicted octanol–water partition coefficient (Wildman–Crippen LogP) is 3.02. The molecule has 0 spiro atoms.